The van der Waals surface area contributed by atoms with Crippen LogP contribution in [0.5, 0.6) is 0 Å². The third kappa shape index (κ3) is 3.22. The minimum Gasteiger partial charge on any atom is -0.339 e. The van der Waals surface area contributed by atoms with E-state index in [0.717, 1.165) is 0 Å². The van der Waals surface area contributed by atoms with Crippen molar-refractivity contribution in [1.29, 1.82) is 0 Å². The molecule has 2 amide bonds. The summed E-state index contributed by atoms with van der Waals surface area (Å²) in [6, 6.07) is 5.56. The zero-order valence-electron chi connectivity index (χ0n) is 11.1. The molecule has 0 N–H and O–H groups in total. The maximum Gasteiger partial charge on any atom is 0.301 e. The van der Waals surface area contributed by atoms with Gasteiger partial charge in [0.05, 0.1) is 10.6 Å². The molecule has 0 atom stereocenters. The van der Waals surface area contributed by atoms with Crippen LogP contribution in [0.25, 0.3) is 0 Å². The van der Waals surface area contributed by atoms with Crippen molar-refractivity contribution in [2.24, 2.45) is 10.6 Å². The number of hydrogen-bond donors (Lipinski definition) is 0. The Morgan fingerprint density at radius 1 is 0.900 bits per heavy atom. The molecule has 1 rings (SSSR count). The van der Waals surface area contributed by atoms with Gasteiger partial charge in [0.1, 0.15) is 0 Å². The van der Waals surface area contributed by atoms with E-state index in [1.54, 1.807) is 4.90 Å². The fourth-order valence-electron chi connectivity index (χ4n) is 1.65. The van der Waals surface area contributed by atoms with Gasteiger partial charge in [0.2, 0.25) is 0 Å². The van der Waals surface area contributed by atoms with E-state index in [1.165, 1.54) is 24.3 Å². The van der Waals surface area contributed by atoms with Gasteiger partial charge in [-0.3, -0.25) is 9.59 Å². The predicted octanol–water partition coefficient (Wildman–Crippen LogP) is 1.97. The van der Waals surface area contributed by atoms with Crippen LogP contribution in [0.2, 0.25) is 0 Å². The summed E-state index contributed by atoms with van der Waals surface area (Å²) in [5.41, 5.74) is 0.454. The summed E-state index contributed by atoms with van der Waals surface area (Å²) in [5.74, 6) is -1.11. The van der Waals surface area contributed by atoms with Gasteiger partial charge in [-0.2, -0.15) is 0 Å². The molecule has 8 heteroatoms. The highest BCUT2D eigenvalue weighted by molar-refractivity contribution is 5.97. The molecule has 0 heterocycles. The highest BCUT2D eigenvalue weighted by Crippen LogP contribution is 2.10. The lowest BCUT2D eigenvalue weighted by molar-refractivity contribution is 0.0752. The molecule has 0 unspecified atom stereocenters. The van der Waals surface area contributed by atoms with E-state index in [0.29, 0.717) is 18.7 Å². The molecule has 0 aliphatic rings. The molecule has 0 bridgehead atoms. The van der Waals surface area contributed by atoms with E-state index in [2.05, 4.69) is 10.6 Å². The second-order valence-electron chi connectivity index (χ2n) is 3.81. The molecule has 1 aromatic carbocycles. The van der Waals surface area contributed by atoms with Gasteiger partial charge in [-0.1, -0.05) is 0 Å². The van der Waals surface area contributed by atoms with Crippen LogP contribution >= 0.6 is 0 Å². The van der Waals surface area contributed by atoms with E-state index >= 15 is 0 Å². The summed E-state index contributed by atoms with van der Waals surface area (Å²) in [4.78, 5) is 45.6. The Bertz CT molecular complexity index is 503. The minimum atomic E-state index is -0.947. The molecule has 106 valence electrons. The van der Waals surface area contributed by atoms with E-state index in [9.17, 15) is 19.4 Å². The Balaban J connectivity index is 2.94. The van der Waals surface area contributed by atoms with Crippen molar-refractivity contribution < 1.29 is 9.59 Å². The number of carbonyl (C=O) groups excluding carboxylic acids is 2. The second kappa shape index (κ2) is 7.07. The van der Waals surface area contributed by atoms with E-state index in [1.807, 2.05) is 13.8 Å². The van der Waals surface area contributed by atoms with E-state index < -0.39 is 5.91 Å². The summed E-state index contributed by atoms with van der Waals surface area (Å²) in [7, 11) is 0. The summed E-state index contributed by atoms with van der Waals surface area (Å²) in [6.45, 7) is 4.88. The van der Waals surface area contributed by atoms with Crippen LogP contribution in [0.15, 0.2) is 34.8 Å². The Hall–Kier alpha value is -2.64. The normalized spacial score (nSPS) is 9.70. The lowest BCUT2D eigenvalue weighted by atomic mass is 10.1. The van der Waals surface area contributed by atoms with Gasteiger partial charge in [0, 0.05) is 24.2 Å². The number of rotatable bonds is 6. The largest absolute Gasteiger partial charge is 0.339 e. The predicted molar refractivity (Wildman–Crippen MR) is 71.5 cm³/mol. The molecule has 0 spiro atoms. The number of nitroso groups, excluding NO2 is 2. The molecule has 0 radical (unpaired) electrons. The van der Waals surface area contributed by atoms with Crippen LogP contribution in [0.3, 0.4) is 0 Å². The number of benzene rings is 1. The molecule has 0 fully saturated rings. The summed E-state index contributed by atoms with van der Waals surface area (Å²) < 4.78 is 0. The Labute approximate surface area is 115 Å². The van der Waals surface area contributed by atoms with Crippen LogP contribution in [0.4, 0.5) is 0 Å². The van der Waals surface area contributed by atoms with E-state index in [4.69, 9.17) is 0 Å². The molecule has 0 aromatic heterocycles. The van der Waals surface area contributed by atoms with Gasteiger partial charge in [-0.15, -0.1) is 9.81 Å². The highest BCUT2D eigenvalue weighted by atomic mass is 16.4. The van der Waals surface area contributed by atoms with Crippen molar-refractivity contribution >= 4 is 11.8 Å². The summed E-state index contributed by atoms with van der Waals surface area (Å²) in [5, 5.41) is 4.25. The van der Waals surface area contributed by atoms with Crippen LogP contribution < -0.4 is 0 Å². The van der Waals surface area contributed by atoms with Gasteiger partial charge in [-0.25, -0.2) is 0 Å². The molecular formula is C12H14N4O4. The molecule has 0 saturated carbocycles. The third-order valence-corrected chi connectivity index (χ3v) is 2.77. The van der Waals surface area contributed by atoms with Crippen molar-refractivity contribution in [3.63, 3.8) is 0 Å². The van der Waals surface area contributed by atoms with Crippen molar-refractivity contribution in [2.45, 2.75) is 13.8 Å². The van der Waals surface area contributed by atoms with Gasteiger partial charge in [-0.05, 0) is 43.2 Å². The van der Waals surface area contributed by atoms with Crippen molar-refractivity contribution in [1.82, 2.24) is 10.0 Å². The van der Waals surface area contributed by atoms with Crippen molar-refractivity contribution in [3.8, 4) is 0 Å². The first-order chi connectivity index (χ1) is 9.58. The van der Waals surface area contributed by atoms with Crippen molar-refractivity contribution in [2.75, 3.05) is 13.1 Å². The zero-order valence-corrected chi connectivity index (χ0v) is 11.1. The van der Waals surface area contributed by atoms with E-state index in [-0.39, 0.29) is 16.6 Å². The maximum atomic E-state index is 12.0. The monoisotopic (exact) mass is 278 g/mol. The van der Waals surface area contributed by atoms with Crippen LogP contribution in [0, 0.1) is 9.81 Å². The van der Waals surface area contributed by atoms with Crippen molar-refractivity contribution in [3.05, 3.63) is 45.2 Å². The highest BCUT2D eigenvalue weighted by Gasteiger charge is 2.18. The standard InChI is InChI=1S/C12H14N4O4/c1-3-15(4-2)11(17)9-5-7-10(8-6-9)12(18)16(13-19)14-20/h5-8H,3-4H2,1-2H3. The van der Waals surface area contributed by atoms with Gasteiger partial charge >= 0.3 is 5.91 Å². The minimum absolute atomic E-state index is 0.0419. The number of amides is 2. The SMILES string of the molecule is CCN(CC)C(=O)c1ccc(C(=O)N(N=O)N=O)cc1. The van der Waals surface area contributed by atoms with Gasteiger partial charge in [0.15, 0.2) is 0 Å². The summed E-state index contributed by atoms with van der Waals surface area (Å²) in [6.07, 6.45) is 0. The second-order valence-corrected chi connectivity index (χ2v) is 3.81. The molecule has 8 nitrogen and oxygen atoms in total. The van der Waals surface area contributed by atoms with Crippen LogP contribution in [-0.2, 0) is 0 Å². The molecular weight excluding hydrogens is 264 g/mol. The summed E-state index contributed by atoms with van der Waals surface area (Å²) >= 11 is 0. The van der Waals surface area contributed by atoms with Gasteiger partial charge < -0.3 is 4.90 Å². The lowest BCUT2D eigenvalue weighted by Crippen LogP contribution is -2.30. The Morgan fingerprint density at radius 2 is 1.30 bits per heavy atom. The van der Waals surface area contributed by atoms with Gasteiger partial charge in [0.25, 0.3) is 5.91 Å². The first-order valence-electron chi connectivity index (χ1n) is 5.99. The first-order valence-corrected chi connectivity index (χ1v) is 5.99. The smallest absolute Gasteiger partial charge is 0.301 e. The molecule has 1 aromatic rings. The Kier molecular flexibility index (Phi) is 5.45. The number of carbonyl (C=O) groups is 2. The topological polar surface area (TPSA) is 99.5 Å². The molecule has 20 heavy (non-hydrogen) atoms. The average Bonchev–Trinajstić information content (AvgIpc) is 2.49. The molecule has 0 aliphatic heterocycles. The van der Waals surface area contributed by atoms with Crippen LogP contribution in [0.1, 0.15) is 34.6 Å². The number of hydrogen-bond acceptors (Lipinski definition) is 6. The molecule has 0 aliphatic carbocycles. The number of nitrogens with zero attached hydrogens (tertiary/aromatic N) is 4. The zero-order chi connectivity index (χ0) is 15.1. The fourth-order valence-corrected chi connectivity index (χ4v) is 1.65. The fraction of sp³-hybridized carbons (Fsp3) is 0.333. The molecule has 0 saturated heterocycles. The lowest BCUT2D eigenvalue weighted by Gasteiger charge is -2.18. The first kappa shape index (κ1) is 15.4. The maximum absolute atomic E-state index is 12.0. The van der Waals surface area contributed by atoms with Crippen LogP contribution in [-0.4, -0.2) is 34.9 Å². The average molecular weight is 278 g/mol. The third-order valence-electron chi connectivity index (χ3n) is 2.77. The quantitative estimate of drug-likeness (QED) is 0.586. The Morgan fingerprint density at radius 3 is 1.65 bits per heavy atom.